The molecule has 0 aliphatic heterocycles. The number of benzene rings is 3. The molecule has 0 aliphatic carbocycles. The zero-order valence-electron chi connectivity index (χ0n) is 15.0. The first-order valence-electron chi connectivity index (χ1n) is 8.75. The van der Waals surface area contributed by atoms with Gasteiger partial charge in [0.2, 0.25) is 0 Å². The number of phenols is 1. The number of alkyl halides is 3. The molecule has 0 saturated heterocycles. The zero-order chi connectivity index (χ0) is 19.9. The van der Waals surface area contributed by atoms with E-state index in [0.29, 0.717) is 22.4 Å². The highest BCUT2D eigenvalue weighted by atomic mass is 19.4. The molecular formula is C22H17F3N2O. The van der Waals surface area contributed by atoms with Gasteiger partial charge >= 0.3 is 6.18 Å². The maximum atomic E-state index is 13.3. The molecule has 0 aliphatic rings. The monoisotopic (exact) mass is 382 g/mol. The molecule has 0 atom stereocenters. The summed E-state index contributed by atoms with van der Waals surface area (Å²) in [6.07, 6.45) is -4.43. The third kappa shape index (κ3) is 3.45. The Labute approximate surface area is 159 Å². The van der Waals surface area contributed by atoms with Crippen molar-refractivity contribution in [3.63, 3.8) is 0 Å². The summed E-state index contributed by atoms with van der Waals surface area (Å²) in [5.74, 6) is 0.584. The lowest BCUT2D eigenvalue weighted by molar-refractivity contribution is -0.138. The van der Waals surface area contributed by atoms with Crippen molar-refractivity contribution in [2.75, 3.05) is 0 Å². The molecule has 142 valence electrons. The van der Waals surface area contributed by atoms with Gasteiger partial charge in [-0.2, -0.15) is 13.2 Å². The number of aryl methyl sites for hydroxylation is 1. The van der Waals surface area contributed by atoms with Gasteiger partial charge in [-0.3, -0.25) is 0 Å². The van der Waals surface area contributed by atoms with Crippen molar-refractivity contribution in [3.05, 3.63) is 82.9 Å². The fraction of sp³-hybridized carbons (Fsp3) is 0.136. The zero-order valence-corrected chi connectivity index (χ0v) is 15.0. The molecular weight excluding hydrogens is 365 g/mol. The Kier molecular flexibility index (Phi) is 4.34. The molecule has 3 aromatic carbocycles. The number of phenolic OH excluding ortho intramolecular Hbond substituents is 1. The topological polar surface area (TPSA) is 48.9 Å². The number of fused-ring (bicyclic) bond motifs is 1. The molecule has 0 unspecified atom stereocenters. The minimum atomic E-state index is -4.44. The molecule has 0 amide bonds. The smallest absolute Gasteiger partial charge is 0.416 e. The summed E-state index contributed by atoms with van der Waals surface area (Å²) in [6.45, 7) is 1.97. The first kappa shape index (κ1) is 18.1. The molecule has 6 heteroatoms. The number of halogens is 3. The lowest BCUT2D eigenvalue weighted by atomic mass is 9.98. The summed E-state index contributed by atoms with van der Waals surface area (Å²) in [7, 11) is 0. The third-order valence-corrected chi connectivity index (χ3v) is 4.65. The second-order valence-electron chi connectivity index (χ2n) is 6.79. The second-order valence-corrected chi connectivity index (χ2v) is 6.79. The number of hydrogen-bond donors (Lipinski definition) is 2. The van der Waals surface area contributed by atoms with E-state index in [1.165, 1.54) is 24.3 Å². The van der Waals surface area contributed by atoms with Crippen molar-refractivity contribution in [1.29, 1.82) is 0 Å². The van der Waals surface area contributed by atoms with Gasteiger partial charge in [0, 0.05) is 18.1 Å². The normalized spacial score (nSPS) is 11.9. The van der Waals surface area contributed by atoms with Gasteiger partial charge in [0.05, 0.1) is 16.6 Å². The molecule has 3 nitrogen and oxygen atoms in total. The Morgan fingerprint density at radius 1 is 0.964 bits per heavy atom. The number of aromatic nitrogens is 2. The largest absolute Gasteiger partial charge is 0.508 e. The van der Waals surface area contributed by atoms with E-state index in [9.17, 15) is 18.3 Å². The summed E-state index contributed by atoms with van der Waals surface area (Å²) in [6, 6.07) is 16.2. The first-order chi connectivity index (χ1) is 13.3. The van der Waals surface area contributed by atoms with Crippen molar-refractivity contribution in [2.45, 2.75) is 19.5 Å². The van der Waals surface area contributed by atoms with Crippen LogP contribution in [-0.2, 0) is 12.6 Å². The average Bonchev–Trinajstić information content (AvgIpc) is 3.05. The van der Waals surface area contributed by atoms with E-state index in [1.54, 1.807) is 6.07 Å². The molecule has 28 heavy (non-hydrogen) atoms. The average molecular weight is 382 g/mol. The van der Waals surface area contributed by atoms with Crippen LogP contribution in [0.5, 0.6) is 5.75 Å². The van der Waals surface area contributed by atoms with Crippen LogP contribution in [0.15, 0.2) is 60.7 Å². The van der Waals surface area contributed by atoms with E-state index >= 15 is 0 Å². The minimum Gasteiger partial charge on any atom is -0.508 e. The predicted octanol–water partition coefficient (Wildman–Crippen LogP) is 5.85. The van der Waals surface area contributed by atoms with E-state index in [4.69, 9.17) is 0 Å². The minimum absolute atomic E-state index is 0.0126. The van der Waals surface area contributed by atoms with Gasteiger partial charge in [-0.15, -0.1) is 0 Å². The van der Waals surface area contributed by atoms with E-state index in [0.717, 1.165) is 17.2 Å². The fourth-order valence-corrected chi connectivity index (χ4v) is 3.39. The van der Waals surface area contributed by atoms with Crippen molar-refractivity contribution in [1.82, 2.24) is 9.97 Å². The molecule has 1 aromatic heterocycles. The second kappa shape index (κ2) is 6.71. The van der Waals surface area contributed by atoms with Gasteiger partial charge in [0.15, 0.2) is 0 Å². The molecule has 4 rings (SSSR count). The van der Waals surface area contributed by atoms with Gasteiger partial charge < -0.3 is 10.1 Å². The summed E-state index contributed by atoms with van der Waals surface area (Å²) < 4.78 is 40.0. The van der Waals surface area contributed by atoms with E-state index in [1.807, 2.05) is 31.2 Å². The number of imidazole rings is 1. The van der Waals surface area contributed by atoms with Crippen LogP contribution in [-0.4, -0.2) is 15.1 Å². The number of aromatic amines is 1. The van der Waals surface area contributed by atoms with Gasteiger partial charge in [-0.25, -0.2) is 4.98 Å². The maximum absolute atomic E-state index is 13.3. The highest BCUT2D eigenvalue weighted by Gasteiger charge is 2.33. The van der Waals surface area contributed by atoms with E-state index in [-0.39, 0.29) is 17.7 Å². The lowest BCUT2D eigenvalue weighted by Gasteiger charge is -2.13. The Hall–Kier alpha value is -3.28. The predicted molar refractivity (Wildman–Crippen MR) is 102 cm³/mol. The van der Waals surface area contributed by atoms with Crippen LogP contribution in [0, 0.1) is 6.92 Å². The highest BCUT2D eigenvalue weighted by molar-refractivity contribution is 5.84. The molecule has 0 radical (unpaired) electrons. The summed E-state index contributed by atoms with van der Waals surface area (Å²) in [5, 5.41) is 10.1. The van der Waals surface area contributed by atoms with Crippen LogP contribution in [0.25, 0.3) is 22.4 Å². The van der Waals surface area contributed by atoms with Crippen LogP contribution in [0.2, 0.25) is 0 Å². The van der Waals surface area contributed by atoms with Crippen molar-refractivity contribution in [2.24, 2.45) is 0 Å². The molecule has 0 spiro atoms. The van der Waals surface area contributed by atoms with Crippen LogP contribution < -0.4 is 0 Å². The van der Waals surface area contributed by atoms with Gasteiger partial charge in [0.25, 0.3) is 0 Å². The number of hydrogen-bond acceptors (Lipinski definition) is 2. The number of H-pyrrole nitrogens is 1. The van der Waals surface area contributed by atoms with Gasteiger partial charge in [0.1, 0.15) is 11.6 Å². The molecule has 0 bridgehead atoms. The Morgan fingerprint density at radius 3 is 2.50 bits per heavy atom. The first-order valence-corrected chi connectivity index (χ1v) is 8.75. The Bertz CT molecular complexity index is 1160. The number of nitrogens with zero attached hydrogens (tertiary/aromatic N) is 1. The molecule has 1 heterocycles. The number of rotatable bonds is 3. The van der Waals surface area contributed by atoms with Crippen LogP contribution in [0.1, 0.15) is 22.3 Å². The van der Waals surface area contributed by atoms with Gasteiger partial charge in [-0.1, -0.05) is 42.0 Å². The van der Waals surface area contributed by atoms with E-state index in [2.05, 4.69) is 9.97 Å². The van der Waals surface area contributed by atoms with Crippen LogP contribution in [0.3, 0.4) is 0 Å². The summed E-state index contributed by atoms with van der Waals surface area (Å²) in [5.41, 5.74) is 3.06. The van der Waals surface area contributed by atoms with Crippen LogP contribution >= 0.6 is 0 Å². The van der Waals surface area contributed by atoms with Crippen molar-refractivity contribution in [3.8, 4) is 17.1 Å². The van der Waals surface area contributed by atoms with Crippen molar-refractivity contribution < 1.29 is 18.3 Å². The quantitative estimate of drug-likeness (QED) is 0.467. The van der Waals surface area contributed by atoms with Crippen LogP contribution in [0.4, 0.5) is 13.2 Å². The Balaban J connectivity index is 1.82. The van der Waals surface area contributed by atoms with E-state index < -0.39 is 11.7 Å². The molecule has 4 aromatic rings. The Morgan fingerprint density at radius 2 is 1.75 bits per heavy atom. The maximum Gasteiger partial charge on any atom is 0.416 e. The number of aromatic hydroxyl groups is 1. The highest BCUT2D eigenvalue weighted by Crippen LogP contribution is 2.34. The molecule has 0 fully saturated rings. The molecule has 0 saturated carbocycles. The standard InChI is InChI=1S/C22H17F3N2O/c1-13-5-4-7-15(9-13)21-26-19-12-17(28)11-16(20(19)27-21)10-14-6-2-3-8-18(14)22(23,24)25/h2-9,11-12,28H,10H2,1H3,(H,26,27). The van der Waals surface area contributed by atoms with Gasteiger partial charge in [-0.05, 0) is 36.2 Å². The lowest BCUT2D eigenvalue weighted by Crippen LogP contribution is -2.09. The molecule has 2 N–H and O–H groups in total. The SMILES string of the molecule is Cc1cccc(-c2nc3c(Cc4ccccc4C(F)(F)F)cc(O)cc3[nH]2)c1. The fourth-order valence-electron chi connectivity index (χ4n) is 3.39. The number of nitrogens with one attached hydrogen (secondary N) is 1. The third-order valence-electron chi connectivity index (χ3n) is 4.65. The van der Waals surface area contributed by atoms with Crippen molar-refractivity contribution >= 4 is 11.0 Å². The summed E-state index contributed by atoms with van der Waals surface area (Å²) >= 11 is 0. The summed E-state index contributed by atoms with van der Waals surface area (Å²) in [4.78, 5) is 7.76.